The van der Waals surface area contributed by atoms with E-state index in [9.17, 15) is 10.1 Å². The SMILES string of the molecule is N#C[C@@H](c1ccccc1)c1ccc(NC(=O)C2CCCCC2)cc1Cl. The summed E-state index contributed by atoms with van der Waals surface area (Å²) in [6, 6.07) is 17.3. The van der Waals surface area contributed by atoms with Crippen molar-refractivity contribution in [1.29, 1.82) is 5.26 Å². The van der Waals surface area contributed by atoms with E-state index in [1.807, 2.05) is 42.5 Å². The van der Waals surface area contributed by atoms with Crippen molar-refractivity contribution in [3.8, 4) is 6.07 Å². The van der Waals surface area contributed by atoms with Crippen LogP contribution in [0.5, 0.6) is 0 Å². The first-order valence-corrected chi connectivity index (χ1v) is 9.11. The van der Waals surface area contributed by atoms with Gasteiger partial charge in [-0.3, -0.25) is 4.79 Å². The molecule has 25 heavy (non-hydrogen) atoms. The molecular formula is C21H21ClN2O. The van der Waals surface area contributed by atoms with Gasteiger partial charge in [0.15, 0.2) is 0 Å². The number of rotatable bonds is 4. The van der Waals surface area contributed by atoms with Crippen LogP contribution in [0.15, 0.2) is 48.5 Å². The highest BCUT2D eigenvalue weighted by atomic mass is 35.5. The summed E-state index contributed by atoms with van der Waals surface area (Å²) in [6.07, 6.45) is 5.39. The average molecular weight is 353 g/mol. The van der Waals surface area contributed by atoms with Crippen LogP contribution < -0.4 is 5.32 Å². The maximum atomic E-state index is 12.4. The van der Waals surface area contributed by atoms with Crippen molar-refractivity contribution < 1.29 is 4.79 Å². The van der Waals surface area contributed by atoms with Crippen molar-refractivity contribution in [3.63, 3.8) is 0 Å². The highest BCUT2D eigenvalue weighted by Crippen LogP contribution is 2.32. The van der Waals surface area contributed by atoms with Crippen LogP contribution in [-0.4, -0.2) is 5.91 Å². The number of hydrogen-bond acceptors (Lipinski definition) is 2. The number of nitrogens with one attached hydrogen (secondary N) is 1. The molecule has 0 bridgehead atoms. The fourth-order valence-electron chi connectivity index (χ4n) is 3.42. The number of nitriles is 1. The van der Waals surface area contributed by atoms with Crippen LogP contribution in [0.1, 0.15) is 49.1 Å². The maximum absolute atomic E-state index is 12.4. The van der Waals surface area contributed by atoms with E-state index in [1.54, 1.807) is 6.07 Å². The van der Waals surface area contributed by atoms with Gasteiger partial charge in [-0.2, -0.15) is 5.26 Å². The van der Waals surface area contributed by atoms with E-state index in [0.717, 1.165) is 36.8 Å². The Bertz CT molecular complexity index is 776. The molecule has 1 fully saturated rings. The summed E-state index contributed by atoms with van der Waals surface area (Å²) >= 11 is 6.42. The molecule has 2 aromatic carbocycles. The van der Waals surface area contributed by atoms with Crippen LogP contribution in [0.25, 0.3) is 0 Å². The average Bonchev–Trinajstić information content (AvgIpc) is 2.65. The molecule has 3 nitrogen and oxygen atoms in total. The van der Waals surface area contributed by atoms with E-state index >= 15 is 0 Å². The van der Waals surface area contributed by atoms with Gasteiger partial charge in [0, 0.05) is 16.6 Å². The van der Waals surface area contributed by atoms with Crippen LogP contribution in [0.2, 0.25) is 5.02 Å². The third-order valence-electron chi connectivity index (χ3n) is 4.82. The zero-order chi connectivity index (χ0) is 17.6. The molecule has 1 aliphatic rings. The number of benzene rings is 2. The smallest absolute Gasteiger partial charge is 0.227 e. The highest BCUT2D eigenvalue weighted by molar-refractivity contribution is 6.31. The van der Waals surface area contributed by atoms with Gasteiger partial charge in [0.05, 0.1) is 12.0 Å². The molecule has 0 radical (unpaired) electrons. The molecule has 1 aliphatic carbocycles. The standard InChI is InChI=1S/C21H21ClN2O/c22-20-13-17(24-21(25)16-9-5-2-6-10-16)11-12-18(20)19(14-23)15-7-3-1-4-8-15/h1,3-4,7-8,11-13,16,19H,2,5-6,9-10H2,(H,24,25)/t19-/m0/s1. The summed E-state index contributed by atoms with van der Waals surface area (Å²) in [5.41, 5.74) is 2.35. The van der Waals surface area contributed by atoms with E-state index in [4.69, 9.17) is 11.6 Å². The summed E-state index contributed by atoms with van der Waals surface area (Å²) in [5.74, 6) is -0.247. The van der Waals surface area contributed by atoms with Crippen LogP contribution in [-0.2, 0) is 4.79 Å². The number of amides is 1. The molecule has 0 unspecified atom stereocenters. The molecule has 2 aromatic rings. The Kier molecular flexibility index (Phi) is 5.73. The van der Waals surface area contributed by atoms with Crippen LogP contribution in [0, 0.1) is 17.2 Å². The Labute approximate surface area is 153 Å². The second-order valence-corrected chi connectivity index (χ2v) is 6.94. The number of carbonyl (C=O) groups excluding carboxylic acids is 1. The van der Waals surface area contributed by atoms with Crippen molar-refractivity contribution in [3.05, 3.63) is 64.7 Å². The van der Waals surface area contributed by atoms with Crippen molar-refractivity contribution in [2.75, 3.05) is 5.32 Å². The van der Waals surface area contributed by atoms with Gasteiger partial charge in [-0.15, -0.1) is 0 Å². The second kappa shape index (κ2) is 8.18. The fraction of sp³-hybridized carbons (Fsp3) is 0.333. The quantitative estimate of drug-likeness (QED) is 0.788. The van der Waals surface area contributed by atoms with Crippen molar-refractivity contribution >= 4 is 23.2 Å². The van der Waals surface area contributed by atoms with E-state index < -0.39 is 5.92 Å². The van der Waals surface area contributed by atoms with E-state index in [0.29, 0.717) is 10.7 Å². The van der Waals surface area contributed by atoms with Gasteiger partial charge < -0.3 is 5.32 Å². The molecule has 0 heterocycles. The third-order valence-corrected chi connectivity index (χ3v) is 5.14. The number of anilines is 1. The molecule has 0 saturated heterocycles. The Morgan fingerprint density at radius 2 is 1.84 bits per heavy atom. The molecule has 1 saturated carbocycles. The lowest BCUT2D eigenvalue weighted by atomic mass is 9.88. The predicted molar refractivity (Wildman–Crippen MR) is 101 cm³/mol. The zero-order valence-electron chi connectivity index (χ0n) is 14.0. The number of halogens is 1. The van der Waals surface area contributed by atoms with Crippen molar-refractivity contribution in [1.82, 2.24) is 0 Å². The summed E-state index contributed by atoms with van der Waals surface area (Å²) in [6.45, 7) is 0. The zero-order valence-corrected chi connectivity index (χ0v) is 14.8. The third kappa shape index (κ3) is 4.21. The van der Waals surface area contributed by atoms with E-state index in [2.05, 4.69) is 11.4 Å². The molecule has 0 aromatic heterocycles. The molecule has 0 aliphatic heterocycles. The first-order chi connectivity index (χ1) is 12.2. The molecule has 1 atom stereocenters. The molecular weight excluding hydrogens is 332 g/mol. The number of nitrogens with zero attached hydrogens (tertiary/aromatic N) is 1. The lowest BCUT2D eigenvalue weighted by Gasteiger charge is -2.21. The normalized spacial score (nSPS) is 16.0. The Morgan fingerprint density at radius 3 is 2.48 bits per heavy atom. The van der Waals surface area contributed by atoms with Gasteiger partial charge in [0.1, 0.15) is 0 Å². The van der Waals surface area contributed by atoms with Crippen LogP contribution in [0.3, 0.4) is 0 Å². The number of carbonyl (C=O) groups is 1. The first kappa shape index (κ1) is 17.5. The second-order valence-electron chi connectivity index (χ2n) is 6.53. The van der Waals surface area contributed by atoms with Gasteiger partial charge in [0.25, 0.3) is 0 Å². The Hall–Kier alpha value is -2.31. The Morgan fingerprint density at radius 1 is 1.12 bits per heavy atom. The summed E-state index contributed by atoms with van der Waals surface area (Å²) in [7, 11) is 0. The molecule has 4 heteroatoms. The minimum absolute atomic E-state index is 0.0726. The summed E-state index contributed by atoms with van der Waals surface area (Å²) in [5, 5.41) is 13.0. The molecule has 1 N–H and O–H groups in total. The van der Waals surface area contributed by atoms with E-state index in [-0.39, 0.29) is 11.8 Å². The number of hydrogen-bond donors (Lipinski definition) is 1. The van der Waals surface area contributed by atoms with Crippen molar-refractivity contribution in [2.45, 2.75) is 38.0 Å². The lowest BCUT2D eigenvalue weighted by Crippen LogP contribution is -2.24. The van der Waals surface area contributed by atoms with Gasteiger partial charge >= 0.3 is 0 Å². The monoisotopic (exact) mass is 352 g/mol. The highest BCUT2D eigenvalue weighted by Gasteiger charge is 2.22. The van der Waals surface area contributed by atoms with Crippen molar-refractivity contribution in [2.24, 2.45) is 5.92 Å². The minimum atomic E-state index is -0.420. The molecule has 128 valence electrons. The predicted octanol–water partition coefficient (Wildman–Crippen LogP) is 5.51. The minimum Gasteiger partial charge on any atom is -0.326 e. The molecule has 1 amide bonds. The molecule has 3 rings (SSSR count). The fourth-order valence-corrected chi connectivity index (χ4v) is 3.71. The van der Waals surface area contributed by atoms with Gasteiger partial charge in [-0.05, 0) is 36.1 Å². The van der Waals surface area contributed by atoms with E-state index in [1.165, 1.54) is 6.42 Å². The van der Waals surface area contributed by atoms with Gasteiger partial charge in [-0.25, -0.2) is 0 Å². The van der Waals surface area contributed by atoms with Crippen LogP contribution in [0.4, 0.5) is 5.69 Å². The topological polar surface area (TPSA) is 52.9 Å². The van der Waals surface area contributed by atoms with Crippen LogP contribution >= 0.6 is 11.6 Å². The Balaban J connectivity index is 1.76. The summed E-state index contributed by atoms with van der Waals surface area (Å²) < 4.78 is 0. The first-order valence-electron chi connectivity index (χ1n) is 8.74. The lowest BCUT2D eigenvalue weighted by molar-refractivity contribution is -0.120. The van der Waals surface area contributed by atoms with Gasteiger partial charge in [-0.1, -0.05) is 67.3 Å². The largest absolute Gasteiger partial charge is 0.326 e. The summed E-state index contributed by atoms with van der Waals surface area (Å²) in [4.78, 5) is 12.4. The van der Waals surface area contributed by atoms with Gasteiger partial charge in [0.2, 0.25) is 5.91 Å². The maximum Gasteiger partial charge on any atom is 0.227 e. The molecule has 0 spiro atoms.